The average molecular weight is 533 g/mol. The third-order valence-corrected chi connectivity index (χ3v) is 7.84. The molecule has 2 atom stereocenters. The van der Waals surface area contributed by atoms with Crippen molar-refractivity contribution in [2.75, 3.05) is 12.0 Å². The van der Waals surface area contributed by atoms with Crippen molar-refractivity contribution >= 4 is 55.7 Å². The van der Waals surface area contributed by atoms with Crippen molar-refractivity contribution < 1.29 is 24.2 Å². The predicted molar refractivity (Wildman–Crippen MR) is 143 cm³/mol. The molecule has 1 amide bonds. The maximum absolute atomic E-state index is 13.5. The fourth-order valence-corrected chi connectivity index (χ4v) is 6.11. The van der Waals surface area contributed by atoms with Gasteiger partial charge in [-0.1, -0.05) is 35.1 Å². The molecule has 2 aliphatic rings. The number of amides is 1. The molecule has 2 aliphatic heterocycles. The van der Waals surface area contributed by atoms with Gasteiger partial charge >= 0.3 is 5.91 Å². The zero-order valence-electron chi connectivity index (χ0n) is 19.9. The van der Waals surface area contributed by atoms with Gasteiger partial charge in [-0.05, 0) is 66.6 Å². The Morgan fingerprint density at radius 2 is 1.92 bits per heavy atom. The van der Waals surface area contributed by atoms with Crippen molar-refractivity contribution in [3.05, 3.63) is 87.9 Å². The van der Waals surface area contributed by atoms with E-state index in [0.717, 1.165) is 16.0 Å². The molecule has 4 aromatic rings. The van der Waals surface area contributed by atoms with Crippen LogP contribution in [0.15, 0.2) is 66.2 Å². The van der Waals surface area contributed by atoms with Gasteiger partial charge in [-0.2, -0.15) is 0 Å². The summed E-state index contributed by atoms with van der Waals surface area (Å²) in [4.78, 5) is 32.9. The first-order chi connectivity index (χ1) is 17.8. The van der Waals surface area contributed by atoms with Crippen LogP contribution < -0.4 is 14.4 Å². The number of carbonyl (C=O) groups excluding carboxylic acids is 2. The third-order valence-electron chi connectivity index (χ3n) is 6.59. The van der Waals surface area contributed by atoms with Gasteiger partial charge in [-0.3, -0.25) is 14.5 Å². The van der Waals surface area contributed by atoms with Gasteiger partial charge < -0.3 is 14.6 Å². The number of halogens is 1. The van der Waals surface area contributed by atoms with Gasteiger partial charge in [0.1, 0.15) is 23.4 Å². The molecule has 186 valence electrons. The number of hydrogen-bond donors (Lipinski definition) is 1. The minimum Gasteiger partial charge on any atom is -0.507 e. The lowest BCUT2D eigenvalue weighted by Crippen LogP contribution is -2.29. The summed E-state index contributed by atoms with van der Waals surface area (Å²) in [5.41, 5.74) is 2.68. The van der Waals surface area contributed by atoms with E-state index in [1.54, 1.807) is 61.7 Å². The lowest BCUT2D eigenvalue weighted by molar-refractivity contribution is -0.132. The zero-order valence-corrected chi connectivity index (χ0v) is 21.5. The fourth-order valence-electron chi connectivity index (χ4n) is 4.85. The summed E-state index contributed by atoms with van der Waals surface area (Å²) in [6.45, 7) is 1.97. The van der Waals surface area contributed by atoms with Crippen LogP contribution in [0.25, 0.3) is 16.0 Å². The van der Waals surface area contributed by atoms with Crippen molar-refractivity contribution in [3.8, 4) is 11.5 Å². The number of thiazole rings is 1. The number of ketones is 1. The summed E-state index contributed by atoms with van der Waals surface area (Å²) in [5.74, 6) is -0.396. The fraction of sp³-hybridized carbons (Fsp3) is 0.179. The highest BCUT2D eigenvalue weighted by atomic mass is 35.5. The van der Waals surface area contributed by atoms with Crippen molar-refractivity contribution in [2.45, 2.75) is 25.5 Å². The Morgan fingerprint density at radius 1 is 1.14 bits per heavy atom. The highest BCUT2D eigenvalue weighted by Gasteiger charge is 2.48. The predicted octanol–water partition coefficient (Wildman–Crippen LogP) is 5.91. The van der Waals surface area contributed by atoms with Crippen LogP contribution in [-0.2, 0) is 16.0 Å². The molecule has 7 nitrogen and oxygen atoms in total. The molecule has 9 heteroatoms. The number of nitrogens with zero attached hydrogens (tertiary/aromatic N) is 2. The molecule has 0 bridgehead atoms. The first-order valence-electron chi connectivity index (χ1n) is 11.6. The van der Waals surface area contributed by atoms with Crippen LogP contribution >= 0.6 is 22.9 Å². The van der Waals surface area contributed by atoms with E-state index in [1.165, 1.54) is 16.2 Å². The molecule has 3 aromatic carbocycles. The van der Waals surface area contributed by atoms with E-state index in [2.05, 4.69) is 4.98 Å². The second-order valence-corrected chi connectivity index (χ2v) is 10.5. The number of aromatic nitrogens is 1. The first kappa shape index (κ1) is 23.5. The third kappa shape index (κ3) is 3.93. The van der Waals surface area contributed by atoms with Gasteiger partial charge in [0.25, 0.3) is 5.78 Å². The second kappa shape index (κ2) is 8.90. The number of anilines is 1. The van der Waals surface area contributed by atoms with Gasteiger partial charge in [0.05, 0.1) is 28.9 Å². The molecule has 0 saturated carbocycles. The summed E-state index contributed by atoms with van der Waals surface area (Å²) in [6.07, 6.45) is 0.728. The Bertz CT molecular complexity index is 1610. The molecular weight excluding hydrogens is 512 g/mol. The van der Waals surface area contributed by atoms with Crippen molar-refractivity contribution in [3.63, 3.8) is 0 Å². The minimum atomic E-state index is -0.884. The number of methoxy groups -OCH3 is 1. The molecule has 1 aromatic heterocycles. The quantitative estimate of drug-likeness (QED) is 0.200. The number of aliphatic hydroxyl groups excluding tert-OH is 1. The van der Waals surface area contributed by atoms with Crippen LogP contribution in [0.4, 0.5) is 5.13 Å². The molecule has 1 saturated heterocycles. The van der Waals surface area contributed by atoms with E-state index < -0.39 is 17.7 Å². The van der Waals surface area contributed by atoms with Crippen LogP contribution in [0, 0.1) is 0 Å². The largest absolute Gasteiger partial charge is 0.507 e. The number of aliphatic hydroxyl groups is 1. The number of carbonyl (C=O) groups is 2. The van der Waals surface area contributed by atoms with Crippen LogP contribution in [0.2, 0.25) is 5.02 Å². The monoisotopic (exact) mass is 532 g/mol. The summed E-state index contributed by atoms with van der Waals surface area (Å²) in [5, 5.41) is 12.3. The molecular formula is C28H21ClN2O5S. The summed E-state index contributed by atoms with van der Waals surface area (Å²) >= 11 is 7.42. The molecule has 3 heterocycles. The highest BCUT2D eigenvalue weighted by Crippen LogP contribution is 2.45. The Hall–Kier alpha value is -3.88. The Morgan fingerprint density at radius 3 is 2.68 bits per heavy atom. The van der Waals surface area contributed by atoms with E-state index in [9.17, 15) is 14.7 Å². The first-order valence-corrected chi connectivity index (χ1v) is 12.8. The molecule has 0 spiro atoms. The minimum absolute atomic E-state index is 0.000584. The number of rotatable bonds is 4. The van der Waals surface area contributed by atoms with Gasteiger partial charge in [0, 0.05) is 17.0 Å². The highest BCUT2D eigenvalue weighted by molar-refractivity contribution is 7.22. The number of ether oxygens (including phenoxy) is 2. The zero-order chi connectivity index (χ0) is 25.8. The molecule has 0 aliphatic carbocycles. The maximum atomic E-state index is 13.5. The van der Waals surface area contributed by atoms with E-state index >= 15 is 0 Å². The molecule has 6 rings (SSSR count). The molecule has 1 fully saturated rings. The van der Waals surface area contributed by atoms with Crippen LogP contribution in [0.1, 0.15) is 29.7 Å². The van der Waals surface area contributed by atoms with Crippen molar-refractivity contribution in [1.29, 1.82) is 0 Å². The summed E-state index contributed by atoms with van der Waals surface area (Å²) in [6, 6.07) is 16.7. The average Bonchev–Trinajstić information content (AvgIpc) is 3.55. The van der Waals surface area contributed by atoms with E-state index in [1.807, 2.05) is 13.0 Å². The Kier molecular flexibility index (Phi) is 5.66. The van der Waals surface area contributed by atoms with Crippen LogP contribution in [0.3, 0.4) is 0 Å². The Balaban J connectivity index is 1.53. The molecule has 37 heavy (non-hydrogen) atoms. The van der Waals surface area contributed by atoms with Gasteiger partial charge in [0.2, 0.25) is 0 Å². The van der Waals surface area contributed by atoms with Gasteiger partial charge in [0.15, 0.2) is 5.13 Å². The molecule has 1 N–H and O–H groups in total. The SMILES string of the molecule is COc1ccc([C@H]2C(=C(O)c3ccc4c(c3)C[C@@H](C)O4)C(=O)C(=O)N2c2nc3ccc(Cl)cc3s2)cc1. The van der Waals surface area contributed by atoms with E-state index in [4.69, 9.17) is 21.1 Å². The standard InChI is InChI=1S/C28H21ClN2O5S/c1-14-11-17-12-16(5-10-21(17)36-14)25(32)23-24(15-3-7-19(35-2)8-4-15)31(27(34)26(23)33)28-30-20-9-6-18(29)13-22(20)37-28/h3-10,12-14,24,32H,11H2,1-2H3/t14-,24+/m1/s1. The number of hydrogen-bond acceptors (Lipinski definition) is 7. The summed E-state index contributed by atoms with van der Waals surface area (Å²) in [7, 11) is 1.56. The summed E-state index contributed by atoms with van der Waals surface area (Å²) < 4.78 is 11.8. The van der Waals surface area contributed by atoms with Crippen LogP contribution in [-0.4, -0.2) is 35.0 Å². The Labute approximate surface area is 221 Å². The lowest BCUT2D eigenvalue weighted by Gasteiger charge is -2.23. The molecule has 0 radical (unpaired) electrons. The van der Waals surface area contributed by atoms with Crippen LogP contribution in [0.5, 0.6) is 11.5 Å². The second-order valence-electron chi connectivity index (χ2n) is 9.01. The van der Waals surface area contributed by atoms with Gasteiger partial charge in [-0.15, -0.1) is 0 Å². The van der Waals surface area contributed by atoms with Gasteiger partial charge in [-0.25, -0.2) is 4.98 Å². The van der Waals surface area contributed by atoms with Crippen molar-refractivity contribution in [2.24, 2.45) is 0 Å². The van der Waals surface area contributed by atoms with E-state index in [0.29, 0.717) is 39.0 Å². The molecule has 0 unspecified atom stereocenters. The number of Topliss-reactive ketones (excluding diaryl/α,β-unsaturated/α-hetero) is 1. The van der Waals surface area contributed by atoms with Crippen molar-refractivity contribution in [1.82, 2.24) is 4.98 Å². The number of fused-ring (bicyclic) bond motifs is 2. The smallest absolute Gasteiger partial charge is 0.301 e. The van der Waals surface area contributed by atoms with E-state index in [-0.39, 0.29) is 17.4 Å². The topological polar surface area (TPSA) is 89.0 Å². The lowest BCUT2D eigenvalue weighted by atomic mass is 9.94. The normalized spacial score (nSPS) is 20.4. The maximum Gasteiger partial charge on any atom is 0.301 e. The number of benzene rings is 3.